The summed E-state index contributed by atoms with van der Waals surface area (Å²) in [7, 11) is 3.40. The van der Waals surface area contributed by atoms with Crippen LogP contribution in [0.15, 0.2) is 18.2 Å². The standard InChI is InChI=1S/C15H23NO3/c1-5-7-10-16(3)15(17)12-8-9-13(19-6-2)14(11-12)18-4/h8-9,11H,5-7,10H2,1-4H3. The van der Waals surface area contributed by atoms with Crippen LogP contribution >= 0.6 is 0 Å². The summed E-state index contributed by atoms with van der Waals surface area (Å²) < 4.78 is 10.7. The van der Waals surface area contributed by atoms with E-state index in [9.17, 15) is 4.79 Å². The maximum absolute atomic E-state index is 12.2. The van der Waals surface area contributed by atoms with E-state index in [0.29, 0.717) is 23.7 Å². The van der Waals surface area contributed by atoms with Crippen LogP contribution in [-0.4, -0.2) is 38.1 Å². The van der Waals surface area contributed by atoms with Gasteiger partial charge in [0.2, 0.25) is 0 Å². The maximum atomic E-state index is 12.2. The summed E-state index contributed by atoms with van der Waals surface area (Å²) in [5.74, 6) is 1.27. The van der Waals surface area contributed by atoms with Crippen molar-refractivity contribution in [3.63, 3.8) is 0 Å². The quantitative estimate of drug-likeness (QED) is 0.761. The second-order valence-corrected chi connectivity index (χ2v) is 4.38. The molecule has 4 nitrogen and oxygen atoms in total. The minimum Gasteiger partial charge on any atom is -0.493 e. The number of hydrogen-bond acceptors (Lipinski definition) is 3. The molecule has 0 radical (unpaired) electrons. The zero-order valence-corrected chi connectivity index (χ0v) is 12.2. The van der Waals surface area contributed by atoms with Gasteiger partial charge in [0, 0.05) is 19.2 Å². The second kappa shape index (κ2) is 7.67. The number of benzene rings is 1. The lowest BCUT2D eigenvalue weighted by molar-refractivity contribution is 0.0793. The molecule has 0 unspecified atom stereocenters. The molecule has 1 aromatic carbocycles. The number of hydrogen-bond donors (Lipinski definition) is 0. The number of ether oxygens (including phenoxy) is 2. The number of unbranched alkanes of at least 4 members (excludes halogenated alkanes) is 1. The van der Waals surface area contributed by atoms with Gasteiger partial charge < -0.3 is 14.4 Å². The smallest absolute Gasteiger partial charge is 0.253 e. The van der Waals surface area contributed by atoms with Crippen LogP contribution in [0.2, 0.25) is 0 Å². The van der Waals surface area contributed by atoms with E-state index < -0.39 is 0 Å². The Labute approximate surface area is 115 Å². The van der Waals surface area contributed by atoms with Gasteiger partial charge in [-0.15, -0.1) is 0 Å². The molecule has 0 aromatic heterocycles. The highest BCUT2D eigenvalue weighted by Gasteiger charge is 2.14. The number of nitrogens with zero attached hydrogens (tertiary/aromatic N) is 1. The number of carbonyl (C=O) groups is 1. The molecule has 0 heterocycles. The molecule has 0 aliphatic carbocycles. The monoisotopic (exact) mass is 265 g/mol. The van der Waals surface area contributed by atoms with Crippen molar-refractivity contribution in [1.29, 1.82) is 0 Å². The molecule has 1 aromatic rings. The minimum atomic E-state index is 0.00907. The fourth-order valence-electron chi connectivity index (χ4n) is 1.79. The van der Waals surface area contributed by atoms with E-state index in [1.54, 1.807) is 30.2 Å². The number of amides is 1. The lowest BCUT2D eigenvalue weighted by Gasteiger charge is -2.18. The third kappa shape index (κ3) is 4.16. The summed E-state index contributed by atoms with van der Waals surface area (Å²) in [4.78, 5) is 14.0. The van der Waals surface area contributed by atoms with Gasteiger partial charge in [0.05, 0.1) is 13.7 Å². The summed E-state index contributed by atoms with van der Waals surface area (Å²) in [5.41, 5.74) is 0.624. The molecular weight excluding hydrogens is 242 g/mol. The molecule has 0 N–H and O–H groups in total. The van der Waals surface area contributed by atoms with Gasteiger partial charge in [0.1, 0.15) is 0 Å². The first-order chi connectivity index (χ1) is 9.13. The molecule has 106 valence electrons. The molecule has 1 amide bonds. The van der Waals surface area contributed by atoms with E-state index in [4.69, 9.17) is 9.47 Å². The Kier molecular flexibility index (Phi) is 6.19. The number of rotatable bonds is 7. The molecule has 0 aliphatic heterocycles. The predicted molar refractivity (Wildman–Crippen MR) is 76.0 cm³/mol. The fraction of sp³-hybridized carbons (Fsp3) is 0.533. The Morgan fingerprint density at radius 2 is 2.00 bits per heavy atom. The number of methoxy groups -OCH3 is 1. The van der Waals surface area contributed by atoms with Crippen molar-refractivity contribution >= 4 is 5.91 Å². The van der Waals surface area contributed by atoms with Crippen molar-refractivity contribution in [3.05, 3.63) is 23.8 Å². The maximum Gasteiger partial charge on any atom is 0.253 e. The summed E-state index contributed by atoms with van der Waals surface area (Å²) >= 11 is 0. The lowest BCUT2D eigenvalue weighted by Crippen LogP contribution is -2.27. The van der Waals surface area contributed by atoms with E-state index >= 15 is 0 Å². The highest BCUT2D eigenvalue weighted by Crippen LogP contribution is 2.28. The van der Waals surface area contributed by atoms with E-state index in [2.05, 4.69) is 6.92 Å². The Balaban J connectivity index is 2.86. The SMILES string of the molecule is CCCCN(C)C(=O)c1ccc(OCC)c(OC)c1. The topological polar surface area (TPSA) is 38.8 Å². The summed E-state index contributed by atoms with van der Waals surface area (Å²) in [5, 5.41) is 0. The van der Waals surface area contributed by atoms with E-state index in [-0.39, 0.29) is 5.91 Å². The molecule has 0 fully saturated rings. The van der Waals surface area contributed by atoms with E-state index in [1.807, 2.05) is 14.0 Å². The van der Waals surface area contributed by atoms with Crippen molar-refractivity contribution in [2.24, 2.45) is 0 Å². The normalized spacial score (nSPS) is 10.1. The van der Waals surface area contributed by atoms with Gasteiger partial charge >= 0.3 is 0 Å². The Morgan fingerprint density at radius 3 is 2.58 bits per heavy atom. The van der Waals surface area contributed by atoms with Gasteiger partial charge in [-0.3, -0.25) is 4.79 Å². The lowest BCUT2D eigenvalue weighted by atomic mass is 10.1. The molecular formula is C15H23NO3. The van der Waals surface area contributed by atoms with Crippen molar-refractivity contribution < 1.29 is 14.3 Å². The molecule has 0 spiro atoms. The van der Waals surface area contributed by atoms with E-state index in [1.165, 1.54) is 0 Å². The van der Waals surface area contributed by atoms with Gasteiger partial charge in [-0.2, -0.15) is 0 Å². The molecule has 19 heavy (non-hydrogen) atoms. The van der Waals surface area contributed by atoms with Crippen LogP contribution in [0.1, 0.15) is 37.0 Å². The Morgan fingerprint density at radius 1 is 1.26 bits per heavy atom. The van der Waals surface area contributed by atoms with Gasteiger partial charge in [0.25, 0.3) is 5.91 Å². The van der Waals surface area contributed by atoms with Crippen molar-refractivity contribution in [2.75, 3.05) is 27.3 Å². The van der Waals surface area contributed by atoms with Gasteiger partial charge in [-0.25, -0.2) is 0 Å². The zero-order chi connectivity index (χ0) is 14.3. The molecule has 0 bridgehead atoms. The summed E-state index contributed by atoms with van der Waals surface area (Å²) in [6.07, 6.45) is 2.08. The van der Waals surface area contributed by atoms with Crippen LogP contribution in [0.4, 0.5) is 0 Å². The molecule has 0 saturated carbocycles. The van der Waals surface area contributed by atoms with Crippen LogP contribution in [0, 0.1) is 0 Å². The third-order valence-corrected chi connectivity index (χ3v) is 2.90. The first kappa shape index (κ1) is 15.3. The molecule has 0 saturated heterocycles. The fourth-order valence-corrected chi connectivity index (χ4v) is 1.79. The van der Waals surface area contributed by atoms with Gasteiger partial charge in [0.15, 0.2) is 11.5 Å². The van der Waals surface area contributed by atoms with Gasteiger partial charge in [-0.05, 0) is 31.5 Å². The van der Waals surface area contributed by atoms with Crippen molar-refractivity contribution in [2.45, 2.75) is 26.7 Å². The van der Waals surface area contributed by atoms with Crippen molar-refractivity contribution in [1.82, 2.24) is 4.90 Å². The minimum absolute atomic E-state index is 0.00907. The van der Waals surface area contributed by atoms with Crippen molar-refractivity contribution in [3.8, 4) is 11.5 Å². The largest absolute Gasteiger partial charge is 0.493 e. The highest BCUT2D eigenvalue weighted by atomic mass is 16.5. The number of carbonyl (C=O) groups excluding carboxylic acids is 1. The average molecular weight is 265 g/mol. The van der Waals surface area contributed by atoms with Crippen LogP contribution in [-0.2, 0) is 0 Å². The molecule has 4 heteroatoms. The van der Waals surface area contributed by atoms with E-state index in [0.717, 1.165) is 19.4 Å². The van der Waals surface area contributed by atoms with Crippen LogP contribution in [0.25, 0.3) is 0 Å². The van der Waals surface area contributed by atoms with Crippen LogP contribution < -0.4 is 9.47 Å². The van der Waals surface area contributed by atoms with Crippen LogP contribution in [0.3, 0.4) is 0 Å². The van der Waals surface area contributed by atoms with Crippen LogP contribution in [0.5, 0.6) is 11.5 Å². The predicted octanol–water partition coefficient (Wildman–Crippen LogP) is 2.97. The molecule has 1 rings (SSSR count). The van der Waals surface area contributed by atoms with Gasteiger partial charge in [-0.1, -0.05) is 13.3 Å². The average Bonchev–Trinajstić information content (AvgIpc) is 2.44. The third-order valence-electron chi connectivity index (χ3n) is 2.90. The summed E-state index contributed by atoms with van der Waals surface area (Å²) in [6, 6.07) is 5.29. The first-order valence-electron chi connectivity index (χ1n) is 6.70. The summed E-state index contributed by atoms with van der Waals surface area (Å²) in [6.45, 7) is 5.36. The zero-order valence-electron chi connectivity index (χ0n) is 12.2. The highest BCUT2D eigenvalue weighted by molar-refractivity contribution is 5.94. The molecule has 0 atom stereocenters. The second-order valence-electron chi connectivity index (χ2n) is 4.38. The molecule has 0 aliphatic rings. The first-order valence-corrected chi connectivity index (χ1v) is 6.70. The Hall–Kier alpha value is -1.71. The Bertz CT molecular complexity index is 418.